The first-order chi connectivity index (χ1) is 11.6. The monoisotopic (exact) mass is 442 g/mol. The topological polar surface area (TPSA) is 20.2 Å². The van der Waals surface area contributed by atoms with Gasteiger partial charge in [-0.25, -0.2) is 0 Å². The summed E-state index contributed by atoms with van der Waals surface area (Å²) in [7, 11) is 0. The van der Waals surface area contributed by atoms with Crippen molar-refractivity contribution in [3.8, 4) is 0 Å². The summed E-state index contributed by atoms with van der Waals surface area (Å²) in [5.74, 6) is 0. The van der Waals surface area contributed by atoms with Gasteiger partial charge in [0.1, 0.15) is 0 Å². The van der Waals surface area contributed by atoms with Gasteiger partial charge in [-0.1, -0.05) is 0 Å². The van der Waals surface area contributed by atoms with Gasteiger partial charge in [-0.2, -0.15) is 0 Å². The molecule has 0 amide bonds. The Morgan fingerprint density at radius 2 is 1.38 bits per heavy atom. The van der Waals surface area contributed by atoms with Gasteiger partial charge in [0.2, 0.25) is 0 Å². The minimum atomic E-state index is -0.768. The fourth-order valence-corrected chi connectivity index (χ4v) is 10.3. The zero-order valence-electron chi connectivity index (χ0n) is 16.9. The third kappa shape index (κ3) is 7.02. The van der Waals surface area contributed by atoms with Gasteiger partial charge in [0.05, 0.1) is 0 Å². The van der Waals surface area contributed by atoms with Crippen LogP contribution in [0.3, 0.4) is 0 Å². The second kappa shape index (κ2) is 12.0. The number of rotatable bonds is 12. The van der Waals surface area contributed by atoms with Gasteiger partial charge in [0.25, 0.3) is 0 Å². The fraction of sp³-hybridized carbons (Fsp3) is 0.909. The van der Waals surface area contributed by atoms with Crippen LogP contribution < -0.4 is 0 Å². The molecule has 1 rings (SSSR count). The predicted octanol–water partition coefficient (Wildman–Crippen LogP) is 7.02. The van der Waals surface area contributed by atoms with E-state index in [4.69, 9.17) is 0 Å². The van der Waals surface area contributed by atoms with Crippen molar-refractivity contribution in [2.75, 3.05) is 0 Å². The van der Waals surface area contributed by atoms with E-state index in [0.717, 1.165) is 12.8 Å². The van der Waals surface area contributed by atoms with Crippen molar-refractivity contribution in [2.24, 2.45) is 0 Å². The summed E-state index contributed by atoms with van der Waals surface area (Å²) in [5, 5.41) is 11.3. The van der Waals surface area contributed by atoms with Crippen molar-refractivity contribution >= 4 is 21.1 Å². The Morgan fingerprint density at radius 1 is 0.917 bits per heavy atom. The van der Waals surface area contributed by atoms with Crippen LogP contribution in [0.2, 0.25) is 3.43 Å². The third-order valence-electron chi connectivity index (χ3n) is 5.90. The molecule has 1 saturated carbocycles. The Bertz CT molecular complexity index is 333. The van der Waals surface area contributed by atoms with Crippen LogP contribution in [0.15, 0.2) is 9.67 Å². The first-order valence-corrected chi connectivity index (χ1v) is 13.6. The normalized spacial score (nSPS) is 18.8. The van der Waals surface area contributed by atoms with Gasteiger partial charge >= 0.3 is 163 Å². The molecule has 0 atom stereocenters. The molecule has 0 aromatic rings. The van der Waals surface area contributed by atoms with E-state index in [2.05, 4.69) is 33.8 Å². The van der Waals surface area contributed by atoms with Crippen LogP contribution >= 0.6 is 0 Å². The molecule has 0 spiro atoms. The van der Waals surface area contributed by atoms with Gasteiger partial charge in [-0.15, -0.1) is 0 Å². The van der Waals surface area contributed by atoms with Gasteiger partial charge in [-0.3, -0.25) is 0 Å². The van der Waals surface area contributed by atoms with Crippen molar-refractivity contribution in [1.82, 2.24) is 0 Å². The van der Waals surface area contributed by atoms with Crippen LogP contribution in [0.1, 0.15) is 118 Å². The average Bonchev–Trinajstić information content (AvgIpc) is 2.61. The Hall–Kier alpha value is 0.499. The van der Waals surface area contributed by atoms with Crippen LogP contribution in [0.25, 0.3) is 0 Å². The molecule has 0 saturated heterocycles. The van der Waals surface area contributed by atoms with Crippen molar-refractivity contribution in [2.45, 2.75) is 127 Å². The van der Waals surface area contributed by atoms with E-state index < -0.39 is 26.7 Å². The second-order valence-electron chi connectivity index (χ2n) is 8.01. The van der Waals surface area contributed by atoms with Crippen LogP contribution in [0, 0.1) is 0 Å². The molecular weight excluding hydrogens is 399 g/mol. The molecule has 0 aliphatic heterocycles. The molecule has 140 valence electrons. The maximum atomic E-state index is 11.3. The first kappa shape index (κ1) is 22.5. The summed E-state index contributed by atoms with van der Waals surface area (Å²) in [4.78, 5) is 0. The fourth-order valence-electron chi connectivity index (χ4n) is 4.26. The molecule has 1 aliphatic rings. The zero-order chi connectivity index (χ0) is 17.9. The van der Waals surface area contributed by atoms with Crippen molar-refractivity contribution in [3.05, 3.63) is 9.67 Å². The molecule has 2 radical (unpaired) electrons. The van der Waals surface area contributed by atoms with Gasteiger partial charge < -0.3 is 0 Å². The molecular formula is C22H42OSn. The van der Waals surface area contributed by atoms with Crippen LogP contribution in [-0.4, -0.2) is 31.8 Å². The summed E-state index contributed by atoms with van der Waals surface area (Å²) in [6.07, 6.45) is 20.5. The van der Waals surface area contributed by atoms with Gasteiger partial charge in [-0.05, 0) is 0 Å². The zero-order valence-corrected chi connectivity index (χ0v) is 19.8. The Kier molecular flexibility index (Phi) is 11.3. The van der Waals surface area contributed by atoms with Crippen molar-refractivity contribution < 1.29 is 5.11 Å². The second-order valence-corrected chi connectivity index (χ2v) is 13.3. The van der Waals surface area contributed by atoms with Crippen molar-refractivity contribution in [1.29, 1.82) is 0 Å². The van der Waals surface area contributed by atoms with Gasteiger partial charge in [0, 0.05) is 0 Å². The maximum absolute atomic E-state index is 11.3. The number of aliphatic hydroxyl groups is 1. The molecule has 1 aliphatic carbocycles. The minimum absolute atomic E-state index is 0.422. The summed E-state index contributed by atoms with van der Waals surface area (Å²) < 4.78 is 2.13. The number of allylic oxidation sites excluding steroid dienone is 1. The molecule has 1 nitrogen and oxygen atoms in total. The number of hydrogen-bond donors (Lipinski definition) is 1. The van der Waals surface area contributed by atoms with Gasteiger partial charge in [0.15, 0.2) is 0 Å². The average molecular weight is 441 g/mol. The SMILES string of the molecule is C/C=[C](\[Sn][C](CCCC)(CCCC)CCCC)C1(O)CCCCC1. The molecule has 1 N–H and O–H groups in total. The summed E-state index contributed by atoms with van der Waals surface area (Å²) >= 11 is -0.768. The van der Waals surface area contributed by atoms with E-state index in [-0.39, 0.29) is 0 Å². The molecule has 0 aromatic carbocycles. The number of hydrogen-bond acceptors (Lipinski definition) is 1. The first-order valence-electron chi connectivity index (χ1n) is 10.7. The molecule has 0 heterocycles. The summed E-state index contributed by atoms with van der Waals surface area (Å²) in [6, 6.07) is 0. The molecule has 2 heteroatoms. The van der Waals surface area contributed by atoms with E-state index >= 15 is 0 Å². The summed E-state index contributed by atoms with van der Waals surface area (Å²) in [5.41, 5.74) is -0.422. The van der Waals surface area contributed by atoms with Crippen molar-refractivity contribution in [3.63, 3.8) is 0 Å². The van der Waals surface area contributed by atoms with E-state index in [0.29, 0.717) is 3.43 Å². The van der Waals surface area contributed by atoms with Crippen LogP contribution in [0.4, 0.5) is 0 Å². The molecule has 0 aromatic heterocycles. The van der Waals surface area contributed by atoms with E-state index in [9.17, 15) is 5.11 Å². The van der Waals surface area contributed by atoms with Crippen LogP contribution in [0.5, 0.6) is 0 Å². The Balaban J connectivity index is 2.96. The van der Waals surface area contributed by atoms with E-state index in [1.54, 1.807) is 0 Å². The predicted molar refractivity (Wildman–Crippen MR) is 109 cm³/mol. The Morgan fingerprint density at radius 3 is 1.75 bits per heavy atom. The third-order valence-corrected chi connectivity index (χ3v) is 12.5. The Labute approximate surface area is 162 Å². The van der Waals surface area contributed by atoms with Crippen LogP contribution in [-0.2, 0) is 0 Å². The summed E-state index contributed by atoms with van der Waals surface area (Å²) in [6.45, 7) is 9.20. The number of unbranched alkanes of at least 4 members (excludes halogenated alkanes) is 3. The standard InChI is InChI=1S/C13H27.C9H15O.Sn/c1-4-7-10-13(11-8-5-2)12-9-6-3;1-2-6-9(10)7-4-3-5-8-9;/h4-12H2,1-3H3;2,10H,3-5,7-8H2,1H3;. The quantitative estimate of drug-likeness (QED) is 0.323. The van der Waals surface area contributed by atoms with E-state index in [1.165, 1.54) is 80.6 Å². The molecule has 1 fully saturated rings. The molecule has 24 heavy (non-hydrogen) atoms. The molecule has 0 unspecified atom stereocenters. The molecule has 0 bridgehead atoms. The van der Waals surface area contributed by atoms with E-state index in [1.807, 2.05) is 0 Å².